The first-order valence-electron chi connectivity index (χ1n) is 8.86. The zero-order chi connectivity index (χ0) is 19.9. The summed E-state index contributed by atoms with van der Waals surface area (Å²) < 4.78 is 47.0. The lowest BCUT2D eigenvalue weighted by Gasteiger charge is -2.18. The number of carbonyl (C=O) groups is 1. The van der Waals surface area contributed by atoms with Crippen molar-refractivity contribution in [3.8, 4) is 11.5 Å². The van der Waals surface area contributed by atoms with Crippen molar-refractivity contribution < 1.29 is 22.4 Å². The summed E-state index contributed by atoms with van der Waals surface area (Å²) in [4.78, 5) is 18.8. The van der Waals surface area contributed by atoms with Crippen LogP contribution in [0.25, 0.3) is 17.1 Å². The van der Waals surface area contributed by atoms with Crippen LogP contribution in [0.4, 0.5) is 13.2 Å². The van der Waals surface area contributed by atoms with Gasteiger partial charge < -0.3 is 9.32 Å². The molecule has 4 heterocycles. The molecule has 1 amide bonds. The van der Waals surface area contributed by atoms with Crippen LogP contribution in [-0.4, -0.2) is 38.5 Å². The molecule has 0 aromatic carbocycles. The molecule has 28 heavy (non-hydrogen) atoms. The molecule has 1 aliphatic heterocycles. The molecule has 1 saturated heterocycles. The summed E-state index contributed by atoms with van der Waals surface area (Å²) in [5.74, 6) is -0.201. The molecular formula is C18H16BrF3N4O2. The Bertz CT molecular complexity index is 1010. The number of aromatic nitrogens is 3. The number of furan rings is 1. The topological polar surface area (TPSA) is 63.6 Å². The third-order valence-electron chi connectivity index (χ3n) is 4.69. The number of halogens is 4. The predicted molar refractivity (Wildman–Crippen MR) is 97.8 cm³/mol. The van der Waals surface area contributed by atoms with Crippen LogP contribution < -0.4 is 0 Å². The van der Waals surface area contributed by atoms with E-state index in [-0.39, 0.29) is 27.3 Å². The number of fused-ring (bicyclic) bond motifs is 1. The fourth-order valence-electron chi connectivity index (χ4n) is 3.30. The van der Waals surface area contributed by atoms with Crippen LogP contribution in [0.5, 0.6) is 0 Å². The van der Waals surface area contributed by atoms with E-state index in [0.717, 1.165) is 31.7 Å². The van der Waals surface area contributed by atoms with Crippen molar-refractivity contribution in [2.45, 2.75) is 31.9 Å². The van der Waals surface area contributed by atoms with E-state index in [1.807, 2.05) is 0 Å². The standard InChI is InChI=1S/C18H16BrF3N4O2/c19-14-15(17(27)25-7-3-1-2-4-8-25)24-26-13(18(20,21)22)10-11(23-16(14)26)12-6-5-9-28-12/h5-6,9-10H,1-4,7-8H2. The minimum atomic E-state index is -4.68. The molecule has 0 aliphatic carbocycles. The number of rotatable bonds is 2. The molecule has 0 spiro atoms. The molecule has 0 saturated carbocycles. The van der Waals surface area contributed by atoms with Crippen molar-refractivity contribution in [2.24, 2.45) is 0 Å². The quantitative estimate of drug-likeness (QED) is 0.556. The summed E-state index contributed by atoms with van der Waals surface area (Å²) in [5.41, 5.74) is -1.17. The Hall–Kier alpha value is -2.36. The summed E-state index contributed by atoms with van der Waals surface area (Å²) >= 11 is 3.25. The normalized spacial score (nSPS) is 15.8. The van der Waals surface area contributed by atoms with Gasteiger partial charge in [0.05, 0.1) is 10.7 Å². The molecular weight excluding hydrogens is 441 g/mol. The molecule has 10 heteroatoms. The van der Waals surface area contributed by atoms with Gasteiger partial charge in [0, 0.05) is 13.1 Å². The van der Waals surface area contributed by atoms with Crippen molar-refractivity contribution in [1.29, 1.82) is 0 Å². The zero-order valence-corrected chi connectivity index (χ0v) is 16.3. The fourth-order valence-corrected chi connectivity index (χ4v) is 3.81. The predicted octanol–water partition coefficient (Wildman–Crippen LogP) is 4.79. The number of alkyl halides is 3. The molecule has 0 radical (unpaired) electrons. The van der Waals surface area contributed by atoms with Gasteiger partial charge in [-0.05, 0) is 47.0 Å². The smallest absolute Gasteiger partial charge is 0.433 e. The Morgan fingerprint density at radius 2 is 1.89 bits per heavy atom. The van der Waals surface area contributed by atoms with E-state index in [0.29, 0.717) is 17.6 Å². The number of carbonyl (C=O) groups excluding carboxylic acids is 1. The van der Waals surface area contributed by atoms with E-state index >= 15 is 0 Å². The molecule has 3 aromatic heterocycles. The van der Waals surface area contributed by atoms with E-state index in [1.165, 1.54) is 12.3 Å². The van der Waals surface area contributed by atoms with Gasteiger partial charge in [0.25, 0.3) is 5.91 Å². The first-order chi connectivity index (χ1) is 13.4. The molecule has 148 valence electrons. The van der Waals surface area contributed by atoms with E-state index in [1.54, 1.807) is 11.0 Å². The Balaban J connectivity index is 1.86. The maximum Gasteiger partial charge on any atom is 0.433 e. The van der Waals surface area contributed by atoms with Gasteiger partial charge in [-0.1, -0.05) is 12.8 Å². The third-order valence-corrected chi connectivity index (χ3v) is 5.42. The van der Waals surface area contributed by atoms with Crippen LogP contribution in [0, 0.1) is 0 Å². The molecule has 0 bridgehead atoms. The minimum absolute atomic E-state index is 0.0131. The second-order valence-corrected chi connectivity index (χ2v) is 7.40. The Morgan fingerprint density at radius 3 is 2.50 bits per heavy atom. The highest BCUT2D eigenvalue weighted by Crippen LogP contribution is 2.35. The van der Waals surface area contributed by atoms with Crippen molar-refractivity contribution >= 4 is 27.5 Å². The highest BCUT2D eigenvalue weighted by molar-refractivity contribution is 9.10. The summed E-state index contributed by atoms with van der Waals surface area (Å²) in [5, 5.41) is 3.97. The summed E-state index contributed by atoms with van der Waals surface area (Å²) in [6.45, 7) is 1.13. The number of likely N-dealkylation sites (tertiary alicyclic amines) is 1. The minimum Gasteiger partial charge on any atom is -0.463 e. The lowest BCUT2D eigenvalue weighted by atomic mass is 10.2. The molecule has 0 unspecified atom stereocenters. The van der Waals surface area contributed by atoms with Crippen molar-refractivity contribution in [3.63, 3.8) is 0 Å². The van der Waals surface area contributed by atoms with Crippen LogP contribution in [0.15, 0.2) is 33.4 Å². The lowest BCUT2D eigenvalue weighted by Crippen LogP contribution is -2.32. The highest BCUT2D eigenvalue weighted by atomic mass is 79.9. The summed E-state index contributed by atoms with van der Waals surface area (Å²) in [7, 11) is 0. The summed E-state index contributed by atoms with van der Waals surface area (Å²) in [6, 6.07) is 3.95. The van der Waals surface area contributed by atoms with Gasteiger partial charge in [0.15, 0.2) is 22.8 Å². The number of hydrogen-bond donors (Lipinski definition) is 0. The van der Waals surface area contributed by atoms with Crippen molar-refractivity contribution in [3.05, 3.63) is 40.3 Å². The average Bonchev–Trinajstić information content (AvgIpc) is 3.20. The third kappa shape index (κ3) is 3.41. The fraction of sp³-hybridized carbons (Fsp3) is 0.389. The molecule has 6 nitrogen and oxygen atoms in total. The van der Waals surface area contributed by atoms with Gasteiger partial charge in [-0.25, -0.2) is 9.50 Å². The Labute approximate surface area is 166 Å². The van der Waals surface area contributed by atoms with E-state index < -0.39 is 17.8 Å². The van der Waals surface area contributed by atoms with Crippen molar-refractivity contribution in [2.75, 3.05) is 13.1 Å². The van der Waals surface area contributed by atoms with Crippen molar-refractivity contribution in [1.82, 2.24) is 19.5 Å². The molecule has 1 fully saturated rings. The van der Waals surface area contributed by atoms with Crippen LogP contribution in [-0.2, 0) is 6.18 Å². The monoisotopic (exact) mass is 456 g/mol. The van der Waals surface area contributed by atoms with Gasteiger partial charge in [-0.2, -0.15) is 18.3 Å². The molecule has 3 aromatic rings. The maximum absolute atomic E-state index is 13.7. The van der Waals surface area contributed by atoms with E-state index in [4.69, 9.17) is 4.42 Å². The average molecular weight is 457 g/mol. The van der Waals surface area contributed by atoms with Gasteiger partial charge >= 0.3 is 6.18 Å². The SMILES string of the molecule is O=C(c1nn2c(C(F)(F)F)cc(-c3ccco3)nc2c1Br)N1CCCCCC1. The van der Waals surface area contributed by atoms with E-state index in [2.05, 4.69) is 26.0 Å². The Morgan fingerprint density at radius 1 is 1.18 bits per heavy atom. The molecule has 1 aliphatic rings. The summed E-state index contributed by atoms with van der Waals surface area (Å²) in [6.07, 6.45) is 0.465. The van der Waals surface area contributed by atoms with Gasteiger partial charge in [0.2, 0.25) is 0 Å². The van der Waals surface area contributed by atoms with Crippen LogP contribution >= 0.6 is 15.9 Å². The second-order valence-electron chi connectivity index (χ2n) is 6.61. The first kappa shape index (κ1) is 19.0. The largest absolute Gasteiger partial charge is 0.463 e. The number of nitrogens with zero attached hydrogens (tertiary/aromatic N) is 4. The second kappa shape index (κ2) is 7.23. The molecule has 0 atom stereocenters. The van der Waals surface area contributed by atoms with Gasteiger partial charge in [-0.15, -0.1) is 0 Å². The zero-order valence-electron chi connectivity index (χ0n) is 14.7. The van der Waals surface area contributed by atoms with Gasteiger partial charge in [-0.3, -0.25) is 4.79 Å². The number of hydrogen-bond acceptors (Lipinski definition) is 4. The molecule has 4 rings (SSSR count). The Kier molecular flexibility index (Phi) is 4.90. The van der Waals surface area contributed by atoms with E-state index in [9.17, 15) is 18.0 Å². The van der Waals surface area contributed by atoms with Crippen LogP contribution in [0.2, 0.25) is 0 Å². The maximum atomic E-state index is 13.7. The van der Waals surface area contributed by atoms with Gasteiger partial charge in [0.1, 0.15) is 5.69 Å². The highest BCUT2D eigenvalue weighted by Gasteiger charge is 2.37. The van der Waals surface area contributed by atoms with Crippen LogP contribution in [0.3, 0.4) is 0 Å². The lowest BCUT2D eigenvalue weighted by molar-refractivity contribution is -0.142. The van der Waals surface area contributed by atoms with Crippen LogP contribution in [0.1, 0.15) is 41.9 Å². The number of amides is 1. The molecule has 0 N–H and O–H groups in total. The first-order valence-corrected chi connectivity index (χ1v) is 9.65.